The van der Waals surface area contributed by atoms with Crippen LogP contribution in [0.15, 0.2) is 59.6 Å². The molecule has 0 aliphatic carbocycles. The number of ether oxygens (including phenoxy) is 1. The van der Waals surface area contributed by atoms with Gasteiger partial charge in [0.2, 0.25) is 0 Å². The third-order valence-electron chi connectivity index (χ3n) is 5.65. The van der Waals surface area contributed by atoms with Crippen molar-refractivity contribution in [2.24, 2.45) is 0 Å². The van der Waals surface area contributed by atoms with Crippen LogP contribution in [0.5, 0.6) is 5.75 Å². The van der Waals surface area contributed by atoms with E-state index in [1.54, 1.807) is 4.90 Å². The lowest BCUT2D eigenvalue weighted by Crippen LogP contribution is -2.36. The molecule has 1 atom stereocenters. The molecule has 1 fully saturated rings. The Kier molecular flexibility index (Phi) is 7.00. The number of nitrogens with zero attached hydrogens (tertiary/aromatic N) is 3. The predicted molar refractivity (Wildman–Crippen MR) is 140 cm³/mol. The summed E-state index contributed by atoms with van der Waals surface area (Å²) in [5.74, 6) is 0.820. The van der Waals surface area contributed by atoms with Gasteiger partial charge in [0.15, 0.2) is 0 Å². The van der Waals surface area contributed by atoms with Crippen LogP contribution in [0.2, 0.25) is 0 Å². The van der Waals surface area contributed by atoms with Crippen molar-refractivity contribution in [2.75, 3.05) is 6.61 Å². The van der Waals surface area contributed by atoms with E-state index in [1.807, 2.05) is 80.2 Å². The zero-order valence-electron chi connectivity index (χ0n) is 19.2. The molecule has 4 rings (SSSR count). The minimum absolute atomic E-state index is 0.0411. The quantitative estimate of drug-likeness (QED) is 0.297. The van der Waals surface area contributed by atoms with Gasteiger partial charge in [-0.1, -0.05) is 49.1 Å². The first-order valence-electron chi connectivity index (χ1n) is 11.1. The molecule has 1 aliphatic rings. The molecule has 3 aromatic rings. The second-order valence-electron chi connectivity index (χ2n) is 7.94. The molecule has 1 saturated heterocycles. The molecule has 0 bridgehead atoms. The molecule has 0 saturated carbocycles. The van der Waals surface area contributed by atoms with Crippen LogP contribution < -0.4 is 4.74 Å². The Morgan fingerprint density at radius 3 is 2.61 bits per heavy atom. The van der Waals surface area contributed by atoms with E-state index < -0.39 is 0 Å². The number of benzene rings is 2. The number of thiocarbonyl (C=S) groups is 1. The van der Waals surface area contributed by atoms with Crippen molar-refractivity contribution >= 4 is 40.3 Å². The molecule has 0 unspecified atom stereocenters. The number of carbonyl (C=O) groups excluding carboxylic acids is 1. The van der Waals surface area contributed by atoms with Crippen LogP contribution in [0.25, 0.3) is 23.0 Å². The Morgan fingerprint density at radius 2 is 1.94 bits per heavy atom. The second-order valence-corrected chi connectivity index (χ2v) is 9.61. The summed E-state index contributed by atoms with van der Waals surface area (Å²) in [5.41, 5.74) is 4.63. The highest BCUT2D eigenvalue weighted by atomic mass is 32.2. The number of rotatable bonds is 7. The fourth-order valence-electron chi connectivity index (χ4n) is 3.73. The van der Waals surface area contributed by atoms with E-state index in [4.69, 9.17) is 22.1 Å². The molecule has 7 heteroatoms. The van der Waals surface area contributed by atoms with Crippen LogP contribution in [0, 0.1) is 6.92 Å². The topological polar surface area (TPSA) is 47.4 Å². The zero-order valence-corrected chi connectivity index (χ0v) is 20.9. The van der Waals surface area contributed by atoms with Crippen molar-refractivity contribution in [1.29, 1.82) is 0 Å². The molecule has 0 radical (unpaired) electrons. The molecule has 2 aromatic carbocycles. The number of aryl methyl sites for hydroxylation is 1. The van der Waals surface area contributed by atoms with Crippen LogP contribution >= 0.6 is 24.0 Å². The minimum atomic E-state index is -0.0411. The van der Waals surface area contributed by atoms with Gasteiger partial charge in [-0.15, -0.1) is 0 Å². The van der Waals surface area contributed by atoms with E-state index >= 15 is 0 Å². The van der Waals surface area contributed by atoms with Crippen LogP contribution in [0.3, 0.4) is 0 Å². The molecule has 0 N–H and O–H groups in total. The highest BCUT2D eigenvalue weighted by Gasteiger charge is 2.35. The summed E-state index contributed by atoms with van der Waals surface area (Å²) in [5, 5.41) is 4.89. The lowest BCUT2D eigenvalue weighted by Gasteiger charge is -2.21. The highest BCUT2D eigenvalue weighted by molar-refractivity contribution is 8.26. The largest absolute Gasteiger partial charge is 0.494 e. The van der Waals surface area contributed by atoms with Gasteiger partial charge >= 0.3 is 0 Å². The number of thioether (sulfide) groups is 1. The average Bonchev–Trinajstić information content (AvgIpc) is 3.36. The first-order valence-corrected chi connectivity index (χ1v) is 12.3. The smallest absolute Gasteiger partial charge is 0.266 e. The van der Waals surface area contributed by atoms with Crippen LogP contribution in [0.1, 0.15) is 38.3 Å². The SMILES string of the molecule is CCOc1ccc(-c2nn(-c3ccccc3)cc2/C=C2\SC(=S)N([C@H](C)CC)C2=O)cc1C. The molecular formula is C26H27N3O2S2. The summed E-state index contributed by atoms with van der Waals surface area (Å²) < 4.78 is 8.16. The third kappa shape index (κ3) is 4.75. The van der Waals surface area contributed by atoms with E-state index in [-0.39, 0.29) is 11.9 Å². The summed E-state index contributed by atoms with van der Waals surface area (Å²) >= 11 is 6.86. The van der Waals surface area contributed by atoms with Crippen LogP contribution in [-0.2, 0) is 4.79 Å². The fourth-order valence-corrected chi connectivity index (χ4v) is 5.18. The van der Waals surface area contributed by atoms with Gasteiger partial charge in [0, 0.05) is 23.4 Å². The van der Waals surface area contributed by atoms with Gasteiger partial charge in [0.25, 0.3) is 5.91 Å². The maximum absolute atomic E-state index is 13.1. The van der Waals surface area contributed by atoms with Gasteiger partial charge in [-0.2, -0.15) is 5.10 Å². The standard InChI is InChI=1S/C26H27N3O2S2/c1-5-18(4)29-25(30)23(33-26(29)32)15-20-16-28(21-10-8-7-9-11-21)27-24(20)19-12-13-22(31-6-2)17(3)14-19/h7-16,18H,5-6H2,1-4H3/b23-15-/t18-/m1/s1. The van der Waals surface area contributed by atoms with Crippen molar-refractivity contribution < 1.29 is 9.53 Å². The van der Waals surface area contributed by atoms with Crippen molar-refractivity contribution in [3.8, 4) is 22.7 Å². The lowest BCUT2D eigenvalue weighted by molar-refractivity contribution is -0.123. The van der Waals surface area contributed by atoms with E-state index in [9.17, 15) is 4.79 Å². The first kappa shape index (κ1) is 23.3. The molecule has 0 spiro atoms. The third-order valence-corrected chi connectivity index (χ3v) is 6.98. The number of aromatic nitrogens is 2. The fraction of sp³-hybridized carbons (Fsp3) is 0.269. The first-order chi connectivity index (χ1) is 15.9. The maximum atomic E-state index is 13.1. The van der Waals surface area contributed by atoms with Crippen molar-refractivity contribution in [2.45, 2.75) is 40.2 Å². The Hall–Kier alpha value is -2.90. The van der Waals surface area contributed by atoms with Crippen molar-refractivity contribution in [1.82, 2.24) is 14.7 Å². The Morgan fingerprint density at radius 1 is 1.18 bits per heavy atom. The number of hydrogen-bond acceptors (Lipinski definition) is 5. The Balaban J connectivity index is 1.80. The molecule has 1 amide bonds. The van der Waals surface area contributed by atoms with Crippen LogP contribution in [0.4, 0.5) is 0 Å². The van der Waals surface area contributed by atoms with Crippen LogP contribution in [-0.4, -0.2) is 37.6 Å². The number of amides is 1. The van der Waals surface area contributed by atoms with E-state index in [0.29, 0.717) is 15.8 Å². The normalized spacial score (nSPS) is 16.0. The van der Waals surface area contributed by atoms with Gasteiger partial charge in [0.05, 0.1) is 17.2 Å². The van der Waals surface area contributed by atoms with Gasteiger partial charge in [-0.3, -0.25) is 9.69 Å². The zero-order chi connectivity index (χ0) is 23.5. The monoisotopic (exact) mass is 477 g/mol. The van der Waals surface area contributed by atoms with Gasteiger partial charge in [-0.05, 0) is 69.2 Å². The Labute approximate surface area is 204 Å². The molecule has 1 aromatic heterocycles. The Bertz CT molecular complexity index is 1220. The van der Waals surface area contributed by atoms with Crippen molar-refractivity contribution in [3.63, 3.8) is 0 Å². The average molecular weight is 478 g/mol. The molecule has 2 heterocycles. The van der Waals surface area contributed by atoms with Gasteiger partial charge in [-0.25, -0.2) is 4.68 Å². The summed E-state index contributed by atoms with van der Waals surface area (Å²) in [6.07, 6.45) is 4.73. The molecule has 170 valence electrons. The van der Waals surface area contributed by atoms with Gasteiger partial charge < -0.3 is 4.74 Å². The van der Waals surface area contributed by atoms with Gasteiger partial charge in [0.1, 0.15) is 15.8 Å². The number of carbonyl (C=O) groups is 1. The molecule has 5 nitrogen and oxygen atoms in total. The van der Waals surface area contributed by atoms with Crippen molar-refractivity contribution in [3.05, 3.63) is 70.8 Å². The minimum Gasteiger partial charge on any atom is -0.494 e. The molecular weight excluding hydrogens is 450 g/mol. The van der Waals surface area contributed by atoms with E-state index in [2.05, 4.69) is 13.0 Å². The van der Waals surface area contributed by atoms with E-state index in [1.165, 1.54) is 11.8 Å². The number of para-hydroxylation sites is 1. The lowest BCUT2D eigenvalue weighted by atomic mass is 10.0. The predicted octanol–water partition coefficient (Wildman–Crippen LogP) is 6.25. The molecule has 1 aliphatic heterocycles. The summed E-state index contributed by atoms with van der Waals surface area (Å²) in [4.78, 5) is 15.5. The second kappa shape index (κ2) is 9.93. The highest BCUT2D eigenvalue weighted by Crippen LogP contribution is 2.37. The molecule has 33 heavy (non-hydrogen) atoms. The summed E-state index contributed by atoms with van der Waals surface area (Å²) in [6.45, 7) is 8.70. The summed E-state index contributed by atoms with van der Waals surface area (Å²) in [6, 6.07) is 16.1. The summed E-state index contributed by atoms with van der Waals surface area (Å²) in [7, 11) is 0. The maximum Gasteiger partial charge on any atom is 0.266 e. The number of hydrogen-bond donors (Lipinski definition) is 0. The van der Waals surface area contributed by atoms with E-state index in [0.717, 1.165) is 40.2 Å².